The van der Waals surface area contributed by atoms with Crippen molar-refractivity contribution in [1.82, 2.24) is 4.90 Å². The summed E-state index contributed by atoms with van der Waals surface area (Å²) in [5.74, 6) is -0.456. The number of hydrogen-bond donors (Lipinski definition) is 1. The zero-order valence-corrected chi connectivity index (χ0v) is 21.1. The summed E-state index contributed by atoms with van der Waals surface area (Å²) >= 11 is 0. The van der Waals surface area contributed by atoms with Gasteiger partial charge in [-0.25, -0.2) is 12.8 Å². The van der Waals surface area contributed by atoms with E-state index in [9.17, 15) is 17.6 Å². The van der Waals surface area contributed by atoms with Crippen LogP contribution < -0.4 is 9.46 Å². The Labute approximate surface area is 205 Å². The van der Waals surface area contributed by atoms with Gasteiger partial charge in [0, 0.05) is 19.2 Å². The van der Waals surface area contributed by atoms with E-state index in [0.717, 1.165) is 28.8 Å². The molecule has 8 heteroatoms. The second kappa shape index (κ2) is 9.34. The Bertz CT molecular complexity index is 1360. The van der Waals surface area contributed by atoms with Crippen LogP contribution in [0.25, 0.3) is 0 Å². The van der Waals surface area contributed by atoms with Crippen LogP contribution in [0.5, 0.6) is 5.75 Å². The molecular formula is C27H29FN2O4S. The SMILES string of the molecule is COc1cc(F)ccc1NS(=O)(=O)c1ccc2c(c1)CN(C(=O)Cc1ccc(C(C)(C)C)cc1)C2. The molecule has 1 heterocycles. The quantitative estimate of drug-likeness (QED) is 0.520. The monoisotopic (exact) mass is 496 g/mol. The minimum Gasteiger partial charge on any atom is -0.494 e. The molecule has 0 aliphatic carbocycles. The number of sulfonamides is 1. The number of methoxy groups -OCH3 is 1. The first kappa shape index (κ1) is 24.7. The molecule has 3 aromatic rings. The van der Waals surface area contributed by atoms with E-state index in [1.54, 1.807) is 17.0 Å². The van der Waals surface area contributed by atoms with Crippen molar-refractivity contribution >= 4 is 21.6 Å². The number of carbonyl (C=O) groups is 1. The van der Waals surface area contributed by atoms with Crippen LogP contribution in [0.15, 0.2) is 65.6 Å². The van der Waals surface area contributed by atoms with Crippen molar-refractivity contribution in [1.29, 1.82) is 0 Å². The molecule has 0 unspecified atom stereocenters. The third-order valence-electron chi connectivity index (χ3n) is 6.15. The van der Waals surface area contributed by atoms with Gasteiger partial charge in [-0.2, -0.15) is 0 Å². The summed E-state index contributed by atoms with van der Waals surface area (Å²) in [7, 11) is -2.60. The van der Waals surface area contributed by atoms with Gasteiger partial charge < -0.3 is 9.64 Å². The van der Waals surface area contributed by atoms with Crippen LogP contribution in [0.3, 0.4) is 0 Å². The fourth-order valence-electron chi connectivity index (χ4n) is 4.08. The van der Waals surface area contributed by atoms with Crippen LogP contribution >= 0.6 is 0 Å². The second-order valence-electron chi connectivity index (χ2n) is 9.75. The molecule has 0 spiro atoms. The molecule has 0 radical (unpaired) electrons. The van der Waals surface area contributed by atoms with E-state index in [2.05, 4.69) is 37.6 Å². The lowest BCUT2D eigenvalue weighted by molar-refractivity contribution is -0.131. The predicted octanol–water partition coefficient (Wildman–Crippen LogP) is 5.02. The lowest BCUT2D eigenvalue weighted by Crippen LogP contribution is -2.26. The number of ether oxygens (including phenoxy) is 1. The van der Waals surface area contributed by atoms with Gasteiger partial charge in [-0.05, 0) is 51.9 Å². The maximum absolute atomic E-state index is 13.5. The molecule has 0 bridgehead atoms. The Morgan fingerprint density at radius 3 is 2.34 bits per heavy atom. The normalized spacial score (nSPS) is 13.5. The Balaban J connectivity index is 1.46. The molecule has 184 valence electrons. The van der Waals surface area contributed by atoms with E-state index in [0.29, 0.717) is 13.1 Å². The summed E-state index contributed by atoms with van der Waals surface area (Å²) < 4.78 is 46.9. The van der Waals surface area contributed by atoms with Gasteiger partial charge in [0.15, 0.2) is 0 Å². The van der Waals surface area contributed by atoms with E-state index in [1.165, 1.54) is 24.8 Å². The minimum absolute atomic E-state index is 0.0108. The van der Waals surface area contributed by atoms with Crippen molar-refractivity contribution in [3.8, 4) is 5.75 Å². The van der Waals surface area contributed by atoms with Crippen molar-refractivity contribution in [2.24, 2.45) is 0 Å². The molecule has 35 heavy (non-hydrogen) atoms. The number of halogens is 1. The van der Waals surface area contributed by atoms with E-state index in [-0.39, 0.29) is 34.1 Å². The lowest BCUT2D eigenvalue weighted by Gasteiger charge is -2.19. The summed E-state index contributed by atoms with van der Waals surface area (Å²) in [6.07, 6.45) is 0.287. The Hall–Kier alpha value is -3.39. The van der Waals surface area contributed by atoms with Gasteiger partial charge in [-0.3, -0.25) is 9.52 Å². The highest BCUT2D eigenvalue weighted by Crippen LogP contribution is 2.30. The average molecular weight is 497 g/mol. The van der Waals surface area contributed by atoms with Gasteiger partial charge in [0.25, 0.3) is 10.0 Å². The molecule has 1 N–H and O–H groups in total. The topological polar surface area (TPSA) is 75.7 Å². The molecule has 1 aliphatic rings. The first-order chi connectivity index (χ1) is 16.5. The first-order valence-electron chi connectivity index (χ1n) is 11.3. The number of amides is 1. The van der Waals surface area contributed by atoms with Gasteiger partial charge in [-0.1, -0.05) is 51.1 Å². The van der Waals surface area contributed by atoms with Gasteiger partial charge >= 0.3 is 0 Å². The number of rotatable bonds is 6. The smallest absolute Gasteiger partial charge is 0.262 e. The zero-order valence-electron chi connectivity index (χ0n) is 20.3. The van der Waals surface area contributed by atoms with Crippen molar-refractivity contribution in [3.05, 3.63) is 88.7 Å². The van der Waals surface area contributed by atoms with Crippen LogP contribution in [0.2, 0.25) is 0 Å². The maximum atomic E-state index is 13.5. The molecule has 4 rings (SSSR count). The van der Waals surface area contributed by atoms with Gasteiger partial charge in [0.2, 0.25) is 5.91 Å². The van der Waals surface area contributed by atoms with E-state index < -0.39 is 15.8 Å². The standard InChI is InChI=1S/C27H29FN2O4S/c1-27(2,3)21-8-5-18(6-9-21)13-26(31)30-16-19-7-11-23(14-20(19)17-30)35(32,33)29-24-12-10-22(28)15-25(24)34-4/h5-12,14-15,29H,13,16-17H2,1-4H3. The van der Waals surface area contributed by atoms with Gasteiger partial charge in [0.1, 0.15) is 11.6 Å². The van der Waals surface area contributed by atoms with E-state index in [4.69, 9.17) is 4.74 Å². The summed E-state index contributed by atoms with van der Waals surface area (Å²) in [6.45, 7) is 7.23. The van der Waals surface area contributed by atoms with Crippen LogP contribution in [0.1, 0.15) is 43.0 Å². The molecule has 0 fully saturated rings. The number of anilines is 1. The van der Waals surface area contributed by atoms with Crippen LogP contribution in [0.4, 0.5) is 10.1 Å². The van der Waals surface area contributed by atoms with Gasteiger partial charge in [0.05, 0.1) is 24.1 Å². The number of nitrogens with zero attached hydrogens (tertiary/aromatic N) is 1. The summed E-state index contributed by atoms with van der Waals surface area (Å²) in [5, 5.41) is 0. The maximum Gasteiger partial charge on any atom is 0.262 e. The Morgan fingerprint density at radius 1 is 1.00 bits per heavy atom. The average Bonchev–Trinajstić information content (AvgIpc) is 3.23. The lowest BCUT2D eigenvalue weighted by atomic mass is 9.86. The molecule has 0 saturated carbocycles. The number of hydrogen-bond acceptors (Lipinski definition) is 4. The fraction of sp³-hybridized carbons (Fsp3) is 0.296. The minimum atomic E-state index is -3.94. The molecule has 0 saturated heterocycles. The molecule has 1 amide bonds. The molecular weight excluding hydrogens is 467 g/mol. The van der Waals surface area contributed by atoms with Crippen molar-refractivity contribution < 1.29 is 22.3 Å². The second-order valence-corrected chi connectivity index (χ2v) is 11.4. The summed E-state index contributed by atoms with van der Waals surface area (Å²) in [4.78, 5) is 14.7. The zero-order chi connectivity index (χ0) is 25.4. The molecule has 0 atom stereocenters. The highest BCUT2D eigenvalue weighted by atomic mass is 32.2. The molecule has 1 aliphatic heterocycles. The van der Waals surface area contributed by atoms with Gasteiger partial charge in [-0.15, -0.1) is 0 Å². The third kappa shape index (κ3) is 5.48. The number of carbonyl (C=O) groups excluding carboxylic acids is 1. The van der Waals surface area contributed by atoms with Crippen LogP contribution in [-0.4, -0.2) is 26.3 Å². The predicted molar refractivity (Wildman–Crippen MR) is 133 cm³/mol. The summed E-state index contributed by atoms with van der Waals surface area (Å²) in [6, 6.07) is 16.5. The molecule has 0 aromatic heterocycles. The molecule has 6 nitrogen and oxygen atoms in total. The largest absolute Gasteiger partial charge is 0.494 e. The highest BCUT2D eigenvalue weighted by molar-refractivity contribution is 7.92. The fourth-order valence-corrected chi connectivity index (χ4v) is 5.20. The molecule has 3 aromatic carbocycles. The van der Waals surface area contributed by atoms with Crippen LogP contribution in [-0.2, 0) is 39.7 Å². The Kier molecular flexibility index (Phi) is 6.60. The van der Waals surface area contributed by atoms with Crippen LogP contribution in [0, 0.1) is 5.82 Å². The van der Waals surface area contributed by atoms with Crippen molar-refractivity contribution in [3.63, 3.8) is 0 Å². The van der Waals surface area contributed by atoms with Crippen molar-refractivity contribution in [2.45, 2.75) is 50.6 Å². The van der Waals surface area contributed by atoms with Crippen molar-refractivity contribution in [2.75, 3.05) is 11.8 Å². The number of nitrogens with one attached hydrogen (secondary N) is 1. The third-order valence-corrected chi connectivity index (χ3v) is 7.51. The number of benzene rings is 3. The highest BCUT2D eigenvalue weighted by Gasteiger charge is 2.26. The first-order valence-corrected chi connectivity index (χ1v) is 12.8. The summed E-state index contributed by atoms with van der Waals surface area (Å²) in [5.41, 5.74) is 4.05. The van der Waals surface area contributed by atoms with E-state index >= 15 is 0 Å². The van der Waals surface area contributed by atoms with E-state index in [1.807, 2.05) is 12.1 Å². The number of fused-ring (bicyclic) bond motifs is 1. The Morgan fingerprint density at radius 2 is 1.69 bits per heavy atom.